The smallest absolute Gasteiger partial charge is 0.147 e. The van der Waals surface area contributed by atoms with Crippen molar-refractivity contribution in [1.29, 1.82) is 0 Å². The minimum atomic E-state index is -0.0295. The molecule has 1 unspecified atom stereocenters. The Balaban J connectivity index is 2.73. The molecule has 62 valence electrons. The molecule has 0 bridgehead atoms. The van der Waals surface area contributed by atoms with E-state index in [2.05, 4.69) is 20.4 Å². The van der Waals surface area contributed by atoms with Crippen LogP contribution < -0.4 is 0 Å². The molecule has 11 heavy (non-hydrogen) atoms. The molecule has 0 amide bonds. The third-order valence-corrected chi connectivity index (χ3v) is 3.77. The van der Waals surface area contributed by atoms with Gasteiger partial charge in [0, 0.05) is 17.6 Å². The van der Waals surface area contributed by atoms with Gasteiger partial charge < -0.3 is 0 Å². The van der Waals surface area contributed by atoms with Gasteiger partial charge in [0.15, 0.2) is 0 Å². The second kappa shape index (κ2) is 3.02. The van der Waals surface area contributed by atoms with E-state index in [1.165, 1.54) is 0 Å². The number of hydrogen-bond acceptors (Lipinski definition) is 2. The summed E-state index contributed by atoms with van der Waals surface area (Å²) in [7, 11) is 0. The van der Waals surface area contributed by atoms with Gasteiger partial charge >= 0.3 is 0 Å². The number of carbonyl (C=O) groups excluding carboxylic acids is 1. The molecule has 0 radical (unpaired) electrons. The minimum absolute atomic E-state index is 0.0295. The molecule has 1 heterocycles. The maximum Gasteiger partial charge on any atom is 0.147 e. The van der Waals surface area contributed by atoms with Crippen molar-refractivity contribution in [2.24, 2.45) is 5.41 Å². The molecule has 0 aromatic carbocycles. The number of Topliss-reactive ketones (excluding diaryl/α,β-unsaturated/α-hetero) is 1. The number of hydrogen-bond donors (Lipinski definition) is 0. The van der Waals surface area contributed by atoms with E-state index in [4.69, 9.17) is 0 Å². The van der Waals surface area contributed by atoms with Crippen LogP contribution in [0.3, 0.4) is 0 Å². The number of thioether (sulfide) groups is 1. The second-order valence-electron chi connectivity index (χ2n) is 3.49. The molecule has 1 aliphatic heterocycles. The maximum absolute atomic E-state index is 11.3. The van der Waals surface area contributed by atoms with Gasteiger partial charge in [-0.25, -0.2) is 0 Å². The summed E-state index contributed by atoms with van der Waals surface area (Å²) in [6.45, 7) is 7.89. The first-order valence-electron chi connectivity index (χ1n) is 3.86. The van der Waals surface area contributed by atoms with E-state index in [9.17, 15) is 4.79 Å². The van der Waals surface area contributed by atoms with Crippen molar-refractivity contribution in [2.75, 3.05) is 5.75 Å². The monoisotopic (exact) mass is 170 g/mol. The van der Waals surface area contributed by atoms with Crippen LogP contribution in [0, 0.1) is 5.41 Å². The molecule has 0 aliphatic carbocycles. The highest BCUT2D eigenvalue weighted by molar-refractivity contribution is 8.01. The highest BCUT2D eigenvalue weighted by atomic mass is 32.2. The molecule has 2 heteroatoms. The van der Waals surface area contributed by atoms with Gasteiger partial charge in [-0.05, 0) is 0 Å². The van der Waals surface area contributed by atoms with Crippen molar-refractivity contribution >= 4 is 17.5 Å². The predicted molar refractivity (Wildman–Crippen MR) is 49.8 cm³/mol. The Kier molecular flexibility index (Phi) is 2.43. The molecule has 0 spiro atoms. The Morgan fingerprint density at radius 3 is 2.73 bits per heavy atom. The first-order chi connectivity index (χ1) is 5.08. The van der Waals surface area contributed by atoms with E-state index in [1.807, 2.05) is 6.08 Å². The van der Waals surface area contributed by atoms with Crippen LogP contribution in [0.2, 0.25) is 0 Å². The van der Waals surface area contributed by atoms with Crippen molar-refractivity contribution in [2.45, 2.75) is 25.5 Å². The van der Waals surface area contributed by atoms with Gasteiger partial charge in [-0.2, -0.15) is 0 Å². The standard InChI is InChI=1S/C9H14OS/c1-4-9(2,3)8-7(10)5-6-11-8/h4,8H,1,5-6H2,2-3H3. The zero-order chi connectivity index (χ0) is 8.48. The summed E-state index contributed by atoms with van der Waals surface area (Å²) in [5, 5.41) is 0.153. The molecule has 1 atom stereocenters. The first-order valence-corrected chi connectivity index (χ1v) is 4.91. The lowest BCUT2D eigenvalue weighted by atomic mass is 9.86. The Bertz CT molecular complexity index is 184. The molecular weight excluding hydrogens is 156 g/mol. The third-order valence-electron chi connectivity index (χ3n) is 2.13. The summed E-state index contributed by atoms with van der Waals surface area (Å²) >= 11 is 1.76. The van der Waals surface area contributed by atoms with Crippen LogP contribution in [0.5, 0.6) is 0 Å². The molecule has 1 saturated heterocycles. The van der Waals surface area contributed by atoms with Crippen molar-refractivity contribution in [3.05, 3.63) is 12.7 Å². The molecule has 0 saturated carbocycles. The van der Waals surface area contributed by atoms with Gasteiger partial charge in [0.1, 0.15) is 5.78 Å². The summed E-state index contributed by atoms with van der Waals surface area (Å²) in [6, 6.07) is 0. The summed E-state index contributed by atoms with van der Waals surface area (Å²) < 4.78 is 0. The summed E-state index contributed by atoms with van der Waals surface area (Å²) in [5.74, 6) is 1.38. The Morgan fingerprint density at radius 1 is 1.73 bits per heavy atom. The SMILES string of the molecule is C=CC(C)(C)C1SCCC1=O. The fraction of sp³-hybridized carbons (Fsp3) is 0.667. The van der Waals surface area contributed by atoms with Crippen LogP contribution in [0.1, 0.15) is 20.3 Å². The van der Waals surface area contributed by atoms with Gasteiger partial charge in [0.2, 0.25) is 0 Å². The first kappa shape index (κ1) is 8.85. The van der Waals surface area contributed by atoms with Crippen molar-refractivity contribution in [3.63, 3.8) is 0 Å². The zero-order valence-electron chi connectivity index (χ0n) is 7.09. The van der Waals surface area contributed by atoms with Gasteiger partial charge in [0.25, 0.3) is 0 Å². The lowest BCUT2D eigenvalue weighted by molar-refractivity contribution is -0.118. The minimum Gasteiger partial charge on any atom is -0.298 e. The molecule has 1 aliphatic rings. The largest absolute Gasteiger partial charge is 0.298 e. The molecular formula is C9H14OS. The number of carbonyl (C=O) groups is 1. The van der Waals surface area contributed by atoms with Crippen LogP contribution in [0.25, 0.3) is 0 Å². The molecule has 0 N–H and O–H groups in total. The lowest BCUT2D eigenvalue weighted by Crippen LogP contribution is -2.28. The predicted octanol–water partition coefficient (Wildman–Crippen LogP) is 2.27. The van der Waals surface area contributed by atoms with Gasteiger partial charge in [-0.15, -0.1) is 18.3 Å². The van der Waals surface area contributed by atoms with Crippen molar-refractivity contribution < 1.29 is 4.79 Å². The summed E-state index contributed by atoms with van der Waals surface area (Å²) in [6.07, 6.45) is 2.63. The topological polar surface area (TPSA) is 17.1 Å². The molecule has 1 rings (SSSR count). The van der Waals surface area contributed by atoms with Crippen LogP contribution in [-0.4, -0.2) is 16.8 Å². The van der Waals surface area contributed by atoms with Crippen LogP contribution in [-0.2, 0) is 4.79 Å². The third kappa shape index (κ3) is 1.67. The average molecular weight is 170 g/mol. The molecule has 0 aromatic heterocycles. The fourth-order valence-electron chi connectivity index (χ4n) is 1.24. The highest BCUT2D eigenvalue weighted by Gasteiger charge is 2.36. The van der Waals surface area contributed by atoms with E-state index >= 15 is 0 Å². The van der Waals surface area contributed by atoms with Gasteiger partial charge in [-0.3, -0.25) is 4.79 Å². The molecule has 1 fully saturated rings. The number of allylic oxidation sites excluding steroid dienone is 1. The Hall–Kier alpha value is -0.240. The van der Waals surface area contributed by atoms with E-state index in [0.29, 0.717) is 5.78 Å². The average Bonchev–Trinajstić information content (AvgIpc) is 2.36. The summed E-state index contributed by atoms with van der Waals surface area (Å²) in [5.41, 5.74) is -0.0295. The van der Waals surface area contributed by atoms with Crippen molar-refractivity contribution in [3.8, 4) is 0 Å². The maximum atomic E-state index is 11.3. The van der Waals surface area contributed by atoms with Gasteiger partial charge in [-0.1, -0.05) is 19.9 Å². The molecule has 0 aromatic rings. The van der Waals surface area contributed by atoms with Crippen molar-refractivity contribution in [1.82, 2.24) is 0 Å². The molecule has 1 nitrogen and oxygen atoms in total. The lowest BCUT2D eigenvalue weighted by Gasteiger charge is -2.25. The van der Waals surface area contributed by atoms with E-state index in [-0.39, 0.29) is 10.7 Å². The number of ketones is 1. The van der Waals surface area contributed by atoms with Crippen LogP contribution in [0.15, 0.2) is 12.7 Å². The van der Waals surface area contributed by atoms with Gasteiger partial charge in [0.05, 0.1) is 5.25 Å². The zero-order valence-corrected chi connectivity index (χ0v) is 7.91. The van der Waals surface area contributed by atoms with Crippen LogP contribution >= 0.6 is 11.8 Å². The summed E-state index contributed by atoms with van der Waals surface area (Å²) in [4.78, 5) is 11.3. The normalized spacial score (nSPS) is 25.6. The van der Waals surface area contributed by atoms with E-state index < -0.39 is 0 Å². The quantitative estimate of drug-likeness (QED) is 0.591. The fourth-order valence-corrected chi connectivity index (χ4v) is 2.62. The Morgan fingerprint density at radius 2 is 2.36 bits per heavy atom. The van der Waals surface area contributed by atoms with Crippen LogP contribution in [0.4, 0.5) is 0 Å². The highest BCUT2D eigenvalue weighted by Crippen LogP contribution is 2.37. The van der Waals surface area contributed by atoms with E-state index in [0.717, 1.165) is 12.2 Å². The second-order valence-corrected chi connectivity index (χ2v) is 4.71. The number of rotatable bonds is 2. The Labute approximate surface area is 72.2 Å². The van der Waals surface area contributed by atoms with E-state index in [1.54, 1.807) is 11.8 Å².